The largest absolute Gasteiger partial charge is 0.280 e. The summed E-state index contributed by atoms with van der Waals surface area (Å²) in [6, 6.07) is 26.0. The van der Waals surface area contributed by atoms with Crippen molar-refractivity contribution in [2.45, 2.75) is 16.8 Å². The van der Waals surface area contributed by atoms with Gasteiger partial charge < -0.3 is 0 Å². The van der Waals surface area contributed by atoms with E-state index in [0.717, 1.165) is 11.1 Å². The van der Waals surface area contributed by atoms with Gasteiger partial charge in [-0.05, 0) is 47.5 Å². The van der Waals surface area contributed by atoms with Crippen LogP contribution in [0.4, 0.5) is 5.69 Å². The average molecular weight is 480 g/mol. The molecule has 0 saturated carbocycles. The number of hydrogen-bond acceptors (Lipinski definition) is 6. The van der Waals surface area contributed by atoms with Crippen LogP contribution in [0.15, 0.2) is 101 Å². The molecule has 0 amide bonds. The van der Waals surface area contributed by atoms with Crippen molar-refractivity contribution in [3.8, 4) is 22.4 Å². The average Bonchev–Trinajstić information content (AvgIpc) is 2.85. The molecule has 0 aliphatic carbocycles. The predicted molar refractivity (Wildman–Crippen MR) is 128 cm³/mol. The number of sulfonamides is 1. The molecule has 1 heterocycles. The molecule has 3 aromatic carbocycles. The van der Waals surface area contributed by atoms with E-state index >= 15 is 0 Å². The van der Waals surface area contributed by atoms with Crippen molar-refractivity contribution in [1.29, 1.82) is 0 Å². The maximum absolute atomic E-state index is 12.8. The Morgan fingerprint density at radius 3 is 1.85 bits per heavy atom. The molecule has 0 aliphatic rings. The van der Waals surface area contributed by atoms with Gasteiger partial charge in [0.25, 0.3) is 10.0 Å². The van der Waals surface area contributed by atoms with Crippen molar-refractivity contribution in [2.24, 2.45) is 0 Å². The Hall–Kier alpha value is -3.56. The maximum Gasteiger partial charge on any atom is 0.261 e. The van der Waals surface area contributed by atoms with Gasteiger partial charge in [0.15, 0.2) is 14.9 Å². The summed E-state index contributed by atoms with van der Waals surface area (Å²) in [5.41, 5.74) is 3.49. The maximum atomic E-state index is 12.8. The van der Waals surface area contributed by atoms with Crippen molar-refractivity contribution < 1.29 is 16.8 Å². The first kappa shape index (κ1) is 22.6. The topological polar surface area (TPSA) is 106 Å². The number of aromatic nitrogens is 2. The van der Waals surface area contributed by atoms with E-state index in [1.165, 1.54) is 6.07 Å². The molecule has 1 N–H and O–H groups in total. The zero-order valence-electron chi connectivity index (χ0n) is 17.7. The second-order valence-electron chi connectivity index (χ2n) is 7.23. The van der Waals surface area contributed by atoms with Crippen molar-refractivity contribution in [3.63, 3.8) is 0 Å². The van der Waals surface area contributed by atoms with E-state index in [2.05, 4.69) is 14.9 Å². The van der Waals surface area contributed by atoms with Gasteiger partial charge in [-0.2, -0.15) is 0 Å². The van der Waals surface area contributed by atoms with Gasteiger partial charge in [-0.1, -0.05) is 61.5 Å². The lowest BCUT2D eigenvalue weighted by Crippen LogP contribution is -2.12. The molecule has 7 nitrogen and oxygen atoms in total. The molecule has 1 aromatic heterocycles. The van der Waals surface area contributed by atoms with Crippen LogP contribution in [-0.4, -0.2) is 32.8 Å². The summed E-state index contributed by atoms with van der Waals surface area (Å²) in [7, 11) is -7.18. The summed E-state index contributed by atoms with van der Waals surface area (Å²) in [5, 5.41) is 7.71. The minimum absolute atomic E-state index is 0.0507. The van der Waals surface area contributed by atoms with Crippen molar-refractivity contribution >= 4 is 25.5 Å². The fourth-order valence-electron chi connectivity index (χ4n) is 3.17. The van der Waals surface area contributed by atoms with Crippen LogP contribution < -0.4 is 4.72 Å². The van der Waals surface area contributed by atoms with Crippen molar-refractivity contribution in [1.82, 2.24) is 10.2 Å². The molecule has 4 rings (SSSR count). The van der Waals surface area contributed by atoms with Crippen LogP contribution in [0.1, 0.15) is 6.92 Å². The Morgan fingerprint density at radius 1 is 0.667 bits per heavy atom. The Morgan fingerprint density at radius 2 is 1.27 bits per heavy atom. The van der Waals surface area contributed by atoms with Crippen LogP contribution in [0.3, 0.4) is 0 Å². The molecular formula is C24H21N3O4S2. The van der Waals surface area contributed by atoms with Crippen LogP contribution in [0.25, 0.3) is 22.4 Å². The number of hydrogen-bond donors (Lipinski definition) is 1. The predicted octanol–water partition coefficient (Wildman–Crippen LogP) is 4.41. The highest BCUT2D eigenvalue weighted by molar-refractivity contribution is 7.92. The Labute approximate surface area is 193 Å². The molecule has 0 unspecified atom stereocenters. The van der Waals surface area contributed by atoms with Crippen LogP contribution >= 0.6 is 0 Å². The number of sulfone groups is 1. The van der Waals surface area contributed by atoms with E-state index in [4.69, 9.17) is 0 Å². The fraction of sp³-hybridized carbons (Fsp3) is 0.0833. The third-order valence-electron chi connectivity index (χ3n) is 5.04. The van der Waals surface area contributed by atoms with Gasteiger partial charge in [-0.25, -0.2) is 16.8 Å². The third-order valence-corrected chi connectivity index (χ3v) is 8.06. The Bertz CT molecular complexity index is 1450. The van der Waals surface area contributed by atoms with E-state index in [0.29, 0.717) is 16.9 Å². The summed E-state index contributed by atoms with van der Waals surface area (Å²) in [6.07, 6.45) is 0. The van der Waals surface area contributed by atoms with E-state index < -0.39 is 19.9 Å². The number of nitrogens with one attached hydrogen (secondary N) is 1. The van der Waals surface area contributed by atoms with Gasteiger partial charge >= 0.3 is 0 Å². The molecule has 0 radical (unpaired) electrons. The van der Waals surface area contributed by atoms with Crippen molar-refractivity contribution in [2.75, 3.05) is 10.5 Å². The van der Waals surface area contributed by atoms with Crippen LogP contribution in [0.5, 0.6) is 0 Å². The molecule has 4 aromatic rings. The minimum atomic E-state index is -3.76. The Kier molecular flexibility index (Phi) is 6.26. The molecule has 0 fully saturated rings. The second kappa shape index (κ2) is 9.13. The molecule has 0 bridgehead atoms. The summed E-state index contributed by atoms with van der Waals surface area (Å²) in [6.45, 7) is 1.54. The molecule has 0 spiro atoms. The quantitative estimate of drug-likeness (QED) is 0.421. The number of rotatable bonds is 7. The zero-order chi connectivity index (χ0) is 23.5. The second-order valence-corrected chi connectivity index (χ2v) is 11.1. The zero-order valence-corrected chi connectivity index (χ0v) is 19.3. The van der Waals surface area contributed by atoms with Crippen molar-refractivity contribution in [3.05, 3.63) is 91.0 Å². The van der Waals surface area contributed by atoms with Gasteiger partial charge in [0, 0.05) is 11.3 Å². The molecule has 33 heavy (non-hydrogen) atoms. The van der Waals surface area contributed by atoms with Crippen LogP contribution in [0.2, 0.25) is 0 Å². The van der Waals surface area contributed by atoms with E-state index in [9.17, 15) is 16.8 Å². The summed E-state index contributed by atoms with van der Waals surface area (Å²) in [4.78, 5) is 0.157. The van der Waals surface area contributed by atoms with E-state index in [1.807, 2.05) is 30.3 Å². The van der Waals surface area contributed by atoms with Gasteiger partial charge in [-0.15, -0.1) is 10.2 Å². The Balaban J connectivity index is 1.49. The fourth-order valence-corrected chi connectivity index (χ4v) is 4.96. The SMILES string of the molecule is CCS(=O)(=O)c1ccc(-c2ccc(NS(=O)(=O)c3ccc(-c4ccccc4)cc3)cc2)nn1. The first-order valence-corrected chi connectivity index (χ1v) is 13.3. The molecular weight excluding hydrogens is 458 g/mol. The minimum Gasteiger partial charge on any atom is -0.280 e. The highest BCUT2D eigenvalue weighted by Gasteiger charge is 2.16. The normalized spacial score (nSPS) is 11.8. The van der Waals surface area contributed by atoms with Gasteiger partial charge in [0.2, 0.25) is 0 Å². The summed E-state index contributed by atoms with van der Waals surface area (Å²) in [5.74, 6) is -0.0507. The monoisotopic (exact) mass is 479 g/mol. The first-order valence-electron chi connectivity index (χ1n) is 10.1. The number of nitrogens with zero attached hydrogens (tertiary/aromatic N) is 2. The summed E-state index contributed by atoms with van der Waals surface area (Å²) < 4.78 is 51.8. The van der Waals surface area contributed by atoms with Crippen LogP contribution in [0, 0.1) is 0 Å². The molecule has 9 heteroatoms. The molecule has 0 atom stereocenters. The standard InChI is InChI=1S/C24H21N3O4S2/c1-2-32(28,29)24-17-16-23(25-26-24)20-8-12-21(13-9-20)27-33(30,31)22-14-10-19(11-15-22)18-6-4-3-5-7-18/h3-17,27H,2H2,1H3. The molecule has 0 saturated heterocycles. The lowest BCUT2D eigenvalue weighted by atomic mass is 10.1. The lowest BCUT2D eigenvalue weighted by molar-refractivity contribution is 0.591. The van der Waals surface area contributed by atoms with E-state index in [-0.39, 0.29) is 15.7 Å². The molecule has 0 aliphatic heterocycles. The number of benzene rings is 3. The lowest BCUT2D eigenvalue weighted by Gasteiger charge is -2.10. The molecule has 168 valence electrons. The smallest absolute Gasteiger partial charge is 0.261 e. The van der Waals surface area contributed by atoms with Gasteiger partial charge in [0.05, 0.1) is 16.3 Å². The number of anilines is 1. The van der Waals surface area contributed by atoms with Crippen LogP contribution in [-0.2, 0) is 19.9 Å². The third kappa shape index (κ3) is 5.10. The van der Waals surface area contributed by atoms with Gasteiger partial charge in [-0.3, -0.25) is 4.72 Å². The highest BCUT2D eigenvalue weighted by Crippen LogP contribution is 2.24. The highest BCUT2D eigenvalue weighted by atomic mass is 32.2. The van der Waals surface area contributed by atoms with Gasteiger partial charge in [0.1, 0.15) is 0 Å². The first-order chi connectivity index (χ1) is 15.8. The summed E-state index contributed by atoms with van der Waals surface area (Å²) >= 11 is 0. The van der Waals surface area contributed by atoms with E-state index in [1.54, 1.807) is 61.5 Å².